The highest BCUT2D eigenvalue weighted by Gasteiger charge is 2.23. The molecule has 7 nitrogen and oxygen atoms in total. The summed E-state index contributed by atoms with van der Waals surface area (Å²) in [7, 11) is 1.37. The quantitative estimate of drug-likeness (QED) is 0.684. The van der Waals surface area contributed by atoms with Crippen LogP contribution in [0.3, 0.4) is 0 Å². The molecule has 0 unspecified atom stereocenters. The van der Waals surface area contributed by atoms with Crippen LogP contribution in [-0.2, 0) is 0 Å². The molecule has 1 atom stereocenters. The topological polar surface area (TPSA) is 88.4 Å². The number of urea groups is 1. The van der Waals surface area contributed by atoms with Crippen LogP contribution in [0.2, 0.25) is 0 Å². The molecule has 0 fully saturated rings. The van der Waals surface area contributed by atoms with Crippen molar-refractivity contribution in [1.82, 2.24) is 9.88 Å². The van der Waals surface area contributed by atoms with Crippen molar-refractivity contribution in [3.8, 4) is 0 Å². The predicted molar refractivity (Wildman–Crippen MR) is 82.4 cm³/mol. The molecule has 0 aliphatic rings. The second-order valence-corrected chi connectivity index (χ2v) is 5.03. The zero-order valence-electron chi connectivity index (χ0n) is 12.9. The number of aromatic nitrogens is 1. The predicted octanol–water partition coefficient (Wildman–Crippen LogP) is 3.49. The van der Waals surface area contributed by atoms with Gasteiger partial charge in [-0.25, -0.2) is 13.6 Å². The van der Waals surface area contributed by atoms with Crippen molar-refractivity contribution in [3.05, 3.63) is 64.0 Å². The average molecular weight is 336 g/mol. The molecule has 1 heterocycles. The smallest absolute Gasteiger partial charge is 0.321 e. The van der Waals surface area contributed by atoms with E-state index in [0.29, 0.717) is 0 Å². The summed E-state index contributed by atoms with van der Waals surface area (Å²) in [6.45, 7) is 1.51. The summed E-state index contributed by atoms with van der Waals surface area (Å²) < 4.78 is 27.1. The molecular formula is C15H14F2N4O3. The van der Waals surface area contributed by atoms with Gasteiger partial charge in [0, 0.05) is 18.8 Å². The molecule has 1 N–H and O–H groups in total. The molecule has 2 aromatic rings. The van der Waals surface area contributed by atoms with Gasteiger partial charge in [-0.3, -0.25) is 15.1 Å². The first-order chi connectivity index (χ1) is 11.3. The van der Waals surface area contributed by atoms with Crippen LogP contribution in [0.1, 0.15) is 18.5 Å². The van der Waals surface area contributed by atoms with Gasteiger partial charge in [0.2, 0.25) is 0 Å². The highest BCUT2D eigenvalue weighted by Crippen LogP contribution is 2.26. The number of hydrogen-bond donors (Lipinski definition) is 1. The first-order valence-electron chi connectivity index (χ1n) is 6.88. The maximum atomic E-state index is 13.8. The van der Waals surface area contributed by atoms with Gasteiger partial charge in [0.25, 0.3) is 0 Å². The number of amides is 2. The lowest BCUT2D eigenvalue weighted by molar-refractivity contribution is -0.384. The van der Waals surface area contributed by atoms with Gasteiger partial charge in [-0.15, -0.1) is 0 Å². The number of nitrogens with one attached hydrogen (secondary N) is 1. The van der Waals surface area contributed by atoms with Crippen LogP contribution >= 0.6 is 0 Å². The summed E-state index contributed by atoms with van der Waals surface area (Å²) in [6.07, 6.45) is 2.30. The number of hydrogen-bond acceptors (Lipinski definition) is 4. The SMILES string of the molecule is C[C@@H](c1cc(F)ccc1F)N(C)C(=O)Nc1ccncc1[N+](=O)[O-]. The Kier molecular flexibility index (Phi) is 5.02. The molecule has 0 radical (unpaired) electrons. The molecule has 0 aliphatic heterocycles. The zero-order valence-corrected chi connectivity index (χ0v) is 12.9. The number of carbonyl (C=O) groups excluding carboxylic acids is 1. The molecule has 0 spiro atoms. The summed E-state index contributed by atoms with van der Waals surface area (Å²) in [5, 5.41) is 13.3. The Bertz CT molecular complexity index is 785. The van der Waals surface area contributed by atoms with Gasteiger partial charge >= 0.3 is 11.7 Å². The number of anilines is 1. The van der Waals surface area contributed by atoms with Crippen LogP contribution < -0.4 is 5.32 Å². The second-order valence-electron chi connectivity index (χ2n) is 5.03. The molecule has 2 amide bonds. The van der Waals surface area contributed by atoms with Crippen molar-refractivity contribution in [2.24, 2.45) is 0 Å². The van der Waals surface area contributed by atoms with E-state index in [1.165, 1.54) is 26.2 Å². The van der Waals surface area contributed by atoms with Crippen LogP contribution in [-0.4, -0.2) is 27.9 Å². The van der Waals surface area contributed by atoms with Crippen molar-refractivity contribution in [2.45, 2.75) is 13.0 Å². The molecule has 0 bridgehead atoms. The molecule has 0 saturated carbocycles. The molecule has 0 aliphatic carbocycles. The van der Waals surface area contributed by atoms with E-state index in [-0.39, 0.29) is 16.9 Å². The minimum Gasteiger partial charge on any atom is -0.321 e. The van der Waals surface area contributed by atoms with Crippen molar-refractivity contribution in [1.29, 1.82) is 0 Å². The summed E-state index contributed by atoms with van der Waals surface area (Å²) >= 11 is 0. The van der Waals surface area contributed by atoms with Crippen molar-refractivity contribution in [3.63, 3.8) is 0 Å². The summed E-state index contributed by atoms with van der Waals surface area (Å²) in [6, 6.07) is 2.73. The van der Waals surface area contributed by atoms with Gasteiger partial charge in [-0.1, -0.05) is 0 Å². The molecule has 9 heteroatoms. The Labute approximate surface area is 136 Å². The zero-order chi connectivity index (χ0) is 17.9. The van der Waals surface area contributed by atoms with E-state index >= 15 is 0 Å². The Morgan fingerprint density at radius 1 is 1.38 bits per heavy atom. The number of pyridine rings is 1. The second kappa shape index (κ2) is 6.99. The maximum absolute atomic E-state index is 13.8. The van der Waals surface area contributed by atoms with E-state index in [4.69, 9.17) is 0 Å². The van der Waals surface area contributed by atoms with E-state index in [2.05, 4.69) is 10.3 Å². The fourth-order valence-corrected chi connectivity index (χ4v) is 2.06. The number of nitrogens with zero attached hydrogens (tertiary/aromatic N) is 3. The number of rotatable bonds is 4. The van der Waals surface area contributed by atoms with Gasteiger partial charge in [0.1, 0.15) is 23.5 Å². The third-order valence-electron chi connectivity index (χ3n) is 3.55. The molecule has 0 saturated heterocycles. The molecule has 24 heavy (non-hydrogen) atoms. The van der Waals surface area contributed by atoms with Crippen LogP contribution in [0.4, 0.5) is 25.0 Å². The van der Waals surface area contributed by atoms with Gasteiger partial charge < -0.3 is 10.2 Å². The number of benzene rings is 1. The van der Waals surface area contributed by atoms with Crippen LogP contribution in [0.25, 0.3) is 0 Å². The molecule has 2 rings (SSSR count). The fourth-order valence-electron chi connectivity index (χ4n) is 2.06. The highest BCUT2D eigenvalue weighted by atomic mass is 19.1. The normalized spacial score (nSPS) is 11.7. The Morgan fingerprint density at radius 2 is 2.08 bits per heavy atom. The van der Waals surface area contributed by atoms with Gasteiger partial charge in [-0.2, -0.15) is 0 Å². The van der Waals surface area contributed by atoms with Crippen LogP contribution in [0.5, 0.6) is 0 Å². The van der Waals surface area contributed by atoms with Gasteiger partial charge in [-0.05, 0) is 31.2 Å². The number of nitro groups is 1. The van der Waals surface area contributed by atoms with E-state index in [1.807, 2.05) is 0 Å². The van der Waals surface area contributed by atoms with Crippen molar-refractivity contribution < 1.29 is 18.5 Å². The van der Waals surface area contributed by atoms with Gasteiger partial charge in [0.15, 0.2) is 0 Å². The third kappa shape index (κ3) is 3.62. The summed E-state index contributed by atoms with van der Waals surface area (Å²) in [5.41, 5.74) is -0.417. The minimum atomic E-state index is -0.790. The van der Waals surface area contributed by atoms with Crippen LogP contribution in [0.15, 0.2) is 36.7 Å². The fraction of sp³-hybridized carbons (Fsp3) is 0.200. The van der Waals surface area contributed by atoms with E-state index in [9.17, 15) is 23.7 Å². The summed E-state index contributed by atoms with van der Waals surface area (Å²) in [5.74, 6) is -1.28. The van der Waals surface area contributed by atoms with Gasteiger partial charge in [0.05, 0.1) is 11.0 Å². The lowest BCUT2D eigenvalue weighted by atomic mass is 10.1. The standard InChI is InChI=1S/C15H14F2N4O3/c1-9(11-7-10(16)3-4-12(11)17)20(2)15(22)19-13-5-6-18-8-14(13)21(23)24/h3-9H,1-2H3,(H,18,19,22)/t9-/m0/s1. The highest BCUT2D eigenvalue weighted by molar-refractivity contribution is 5.91. The maximum Gasteiger partial charge on any atom is 0.322 e. The molecule has 1 aromatic heterocycles. The third-order valence-corrected chi connectivity index (χ3v) is 3.55. The summed E-state index contributed by atoms with van der Waals surface area (Å²) in [4.78, 5) is 27.2. The minimum absolute atomic E-state index is 0.00289. The van der Waals surface area contributed by atoms with E-state index in [0.717, 1.165) is 29.3 Å². The molecular weight excluding hydrogens is 322 g/mol. The van der Waals surface area contributed by atoms with E-state index < -0.39 is 28.6 Å². The monoisotopic (exact) mass is 336 g/mol. The lowest BCUT2D eigenvalue weighted by Crippen LogP contribution is -2.34. The largest absolute Gasteiger partial charge is 0.322 e. The average Bonchev–Trinajstić information content (AvgIpc) is 2.56. The Balaban J connectivity index is 2.21. The van der Waals surface area contributed by atoms with Crippen molar-refractivity contribution >= 4 is 17.4 Å². The lowest BCUT2D eigenvalue weighted by Gasteiger charge is -2.25. The number of halogens is 2. The number of carbonyl (C=O) groups is 1. The first-order valence-corrected chi connectivity index (χ1v) is 6.88. The van der Waals surface area contributed by atoms with Crippen LogP contribution in [0, 0.1) is 21.7 Å². The Morgan fingerprint density at radius 3 is 2.75 bits per heavy atom. The molecule has 1 aromatic carbocycles. The van der Waals surface area contributed by atoms with E-state index in [1.54, 1.807) is 0 Å². The Hall–Kier alpha value is -3.10. The first kappa shape index (κ1) is 17.3. The van der Waals surface area contributed by atoms with Crippen molar-refractivity contribution in [2.75, 3.05) is 12.4 Å². The molecule has 126 valence electrons.